The van der Waals surface area contributed by atoms with Crippen molar-refractivity contribution in [2.24, 2.45) is 0 Å². The first-order chi connectivity index (χ1) is 7.26. The average molecular weight is 208 g/mol. The second-order valence-corrected chi connectivity index (χ2v) is 3.62. The molecule has 1 atom stereocenters. The highest BCUT2D eigenvalue weighted by atomic mass is 15.1. The number of nitrogens with one attached hydrogen (secondary N) is 1. The second-order valence-electron chi connectivity index (χ2n) is 3.62. The second kappa shape index (κ2) is 6.35. The average Bonchev–Trinajstić information content (AvgIpc) is 2.27. The fraction of sp³-hybridized carbons (Fsp3) is 0.636. The molecule has 4 heteroatoms. The van der Waals surface area contributed by atoms with Crippen LogP contribution in [-0.4, -0.2) is 40.5 Å². The van der Waals surface area contributed by atoms with Gasteiger partial charge in [-0.1, -0.05) is 13.8 Å². The van der Waals surface area contributed by atoms with Gasteiger partial charge in [0.15, 0.2) is 0 Å². The van der Waals surface area contributed by atoms with Crippen molar-refractivity contribution >= 4 is 5.82 Å². The molecule has 0 saturated carbocycles. The Morgan fingerprint density at radius 3 is 2.60 bits per heavy atom. The van der Waals surface area contributed by atoms with Gasteiger partial charge in [-0.05, 0) is 20.0 Å². The van der Waals surface area contributed by atoms with E-state index in [-0.39, 0.29) is 0 Å². The minimum Gasteiger partial charge on any atom is -0.365 e. The lowest BCUT2D eigenvalue weighted by atomic mass is 10.3. The molecule has 0 radical (unpaired) electrons. The minimum absolute atomic E-state index is 0.390. The van der Waals surface area contributed by atoms with Crippen molar-refractivity contribution in [3.05, 3.63) is 18.6 Å². The van der Waals surface area contributed by atoms with E-state index in [1.807, 2.05) is 0 Å². The Balaban J connectivity index is 2.39. The van der Waals surface area contributed by atoms with Crippen molar-refractivity contribution in [2.75, 3.05) is 25.0 Å². The van der Waals surface area contributed by atoms with E-state index in [1.165, 1.54) is 0 Å². The Hall–Kier alpha value is -1.16. The number of aromatic nitrogens is 2. The molecule has 0 saturated heterocycles. The van der Waals surface area contributed by atoms with E-state index >= 15 is 0 Å². The molecular weight excluding hydrogens is 188 g/mol. The Labute approximate surface area is 91.7 Å². The zero-order valence-corrected chi connectivity index (χ0v) is 9.77. The Morgan fingerprint density at radius 2 is 2.07 bits per heavy atom. The van der Waals surface area contributed by atoms with Gasteiger partial charge in [0.2, 0.25) is 0 Å². The maximum Gasteiger partial charge on any atom is 0.144 e. The van der Waals surface area contributed by atoms with Crippen LogP contribution in [0.3, 0.4) is 0 Å². The van der Waals surface area contributed by atoms with Gasteiger partial charge in [0, 0.05) is 25.0 Å². The molecular formula is C11H20N4. The van der Waals surface area contributed by atoms with Crippen LogP contribution < -0.4 is 5.32 Å². The molecule has 1 N–H and O–H groups in total. The standard InChI is InChI=1S/C11H20N4/c1-4-15(5-2)9-10(3)14-11-8-12-6-7-13-11/h6-8,10H,4-5,9H2,1-3H3,(H,13,14). The predicted octanol–water partition coefficient (Wildman–Crippen LogP) is 1.62. The molecule has 0 bridgehead atoms. The number of nitrogens with zero attached hydrogens (tertiary/aromatic N) is 3. The van der Waals surface area contributed by atoms with Crippen LogP contribution >= 0.6 is 0 Å². The van der Waals surface area contributed by atoms with E-state index in [0.717, 1.165) is 25.5 Å². The van der Waals surface area contributed by atoms with Crippen LogP contribution in [0.5, 0.6) is 0 Å². The maximum atomic E-state index is 4.19. The third-order valence-corrected chi connectivity index (χ3v) is 2.38. The molecule has 1 aromatic rings. The number of rotatable bonds is 6. The van der Waals surface area contributed by atoms with E-state index < -0.39 is 0 Å². The highest BCUT2D eigenvalue weighted by molar-refractivity contribution is 5.31. The van der Waals surface area contributed by atoms with Crippen LogP contribution in [-0.2, 0) is 0 Å². The molecule has 0 aliphatic heterocycles. The lowest BCUT2D eigenvalue weighted by Gasteiger charge is -2.23. The number of anilines is 1. The number of likely N-dealkylation sites (N-methyl/N-ethyl adjacent to an activating group) is 1. The molecule has 1 rings (SSSR count). The molecule has 1 unspecified atom stereocenters. The van der Waals surface area contributed by atoms with Gasteiger partial charge in [-0.15, -0.1) is 0 Å². The molecule has 4 nitrogen and oxygen atoms in total. The van der Waals surface area contributed by atoms with Crippen molar-refractivity contribution in [1.29, 1.82) is 0 Å². The summed E-state index contributed by atoms with van der Waals surface area (Å²) >= 11 is 0. The molecule has 0 aromatic carbocycles. The minimum atomic E-state index is 0.390. The van der Waals surface area contributed by atoms with Gasteiger partial charge in [0.25, 0.3) is 0 Å². The molecule has 84 valence electrons. The van der Waals surface area contributed by atoms with Gasteiger partial charge in [-0.3, -0.25) is 4.98 Å². The SMILES string of the molecule is CCN(CC)CC(C)Nc1cnccn1. The lowest BCUT2D eigenvalue weighted by Crippen LogP contribution is -2.34. The first-order valence-electron chi connectivity index (χ1n) is 5.51. The topological polar surface area (TPSA) is 41.0 Å². The Kier molecular flexibility index (Phi) is 5.04. The zero-order chi connectivity index (χ0) is 11.1. The molecule has 0 spiro atoms. The normalized spacial score (nSPS) is 12.8. The van der Waals surface area contributed by atoms with Gasteiger partial charge < -0.3 is 10.2 Å². The van der Waals surface area contributed by atoms with Crippen LogP contribution in [0.1, 0.15) is 20.8 Å². The summed E-state index contributed by atoms with van der Waals surface area (Å²) in [5, 5.41) is 3.33. The van der Waals surface area contributed by atoms with Gasteiger partial charge >= 0.3 is 0 Å². The van der Waals surface area contributed by atoms with Gasteiger partial charge in [-0.25, -0.2) is 4.98 Å². The molecule has 0 aliphatic rings. The number of hydrogen-bond donors (Lipinski definition) is 1. The van der Waals surface area contributed by atoms with Crippen molar-refractivity contribution < 1.29 is 0 Å². The van der Waals surface area contributed by atoms with Crippen LogP contribution in [0.15, 0.2) is 18.6 Å². The van der Waals surface area contributed by atoms with E-state index in [9.17, 15) is 0 Å². The summed E-state index contributed by atoms with van der Waals surface area (Å²) in [6, 6.07) is 0.390. The summed E-state index contributed by atoms with van der Waals surface area (Å²) in [5.41, 5.74) is 0. The molecule has 0 amide bonds. The van der Waals surface area contributed by atoms with Crippen molar-refractivity contribution in [3.63, 3.8) is 0 Å². The number of hydrogen-bond acceptors (Lipinski definition) is 4. The summed E-state index contributed by atoms with van der Waals surface area (Å²) in [5.74, 6) is 0.845. The van der Waals surface area contributed by atoms with Crippen molar-refractivity contribution in [2.45, 2.75) is 26.8 Å². The smallest absolute Gasteiger partial charge is 0.144 e. The molecule has 0 aliphatic carbocycles. The largest absolute Gasteiger partial charge is 0.365 e. The van der Waals surface area contributed by atoms with Crippen molar-refractivity contribution in [3.8, 4) is 0 Å². The van der Waals surface area contributed by atoms with Crippen molar-refractivity contribution in [1.82, 2.24) is 14.9 Å². The Morgan fingerprint density at radius 1 is 1.33 bits per heavy atom. The fourth-order valence-corrected chi connectivity index (χ4v) is 1.54. The summed E-state index contributed by atoms with van der Waals surface area (Å²) in [7, 11) is 0. The molecule has 0 fully saturated rings. The summed E-state index contributed by atoms with van der Waals surface area (Å²) in [6.07, 6.45) is 5.13. The lowest BCUT2D eigenvalue weighted by molar-refractivity contribution is 0.294. The summed E-state index contributed by atoms with van der Waals surface area (Å²) in [4.78, 5) is 10.6. The molecule has 1 heterocycles. The quantitative estimate of drug-likeness (QED) is 0.771. The first-order valence-corrected chi connectivity index (χ1v) is 5.51. The van der Waals surface area contributed by atoms with Crippen LogP contribution in [0.25, 0.3) is 0 Å². The van der Waals surface area contributed by atoms with Gasteiger partial charge in [0.1, 0.15) is 5.82 Å². The highest BCUT2D eigenvalue weighted by Gasteiger charge is 2.06. The predicted molar refractivity (Wildman–Crippen MR) is 62.9 cm³/mol. The third-order valence-electron chi connectivity index (χ3n) is 2.38. The van der Waals surface area contributed by atoms with E-state index in [2.05, 4.69) is 41.0 Å². The van der Waals surface area contributed by atoms with Crippen LogP contribution in [0, 0.1) is 0 Å². The third kappa shape index (κ3) is 4.25. The fourth-order valence-electron chi connectivity index (χ4n) is 1.54. The summed E-state index contributed by atoms with van der Waals surface area (Å²) < 4.78 is 0. The van der Waals surface area contributed by atoms with Gasteiger partial charge in [0.05, 0.1) is 6.20 Å². The molecule has 1 aromatic heterocycles. The van der Waals surface area contributed by atoms with E-state index in [4.69, 9.17) is 0 Å². The highest BCUT2D eigenvalue weighted by Crippen LogP contribution is 2.01. The zero-order valence-electron chi connectivity index (χ0n) is 9.77. The van der Waals surface area contributed by atoms with E-state index in [1.54, 1.807) is 18.6 Å². The van der Waals surface area contributed by atoms with Gasteiger partial charge in [-0.2, -0.15) is 0 Å². The van der Waals surface area contributed by atoms with Crippen LogP contribution in [0.2, 0.25) is 0 Å². The maximum absolute atomic E-state index is 4.19. The summed E-state index contributed by atoms with van der Waals surface area (Å²) in [6.45, 7) is 9.72. The molecule has 15 heavy (non-hydrogen) atoms. The Bertz CT molecular complexity index is 259. The van der Waals surface area contributed by atoms with Crippen LogP contribution in [0.4, 0.5) is 5.82 Å². The first kappa shape index (κ1) is 11.9. The monoisotopic (exact) mass is 208 g/mol. The van der Waals surface area contributed by atoms with E-state index in [0.29, 0.717) is 6.04 Å².